The first kappa shape index (κ1) is 15.0. The van der Waals surface area contributed by atoms with Gasteiger partial charge in [-0.15, -0.1) is 0 Å². The number of nitrogens with one attached hydrogen (secondary N) is 2. The molecule has 0 fully saturated rings. The van der Waals surface area contributed by atoms with Gasteiger partial charge in [-0.1, -0.05) is 24.3 Å². The molecule has 21 heavy (non-hydrogen) atoms. The number of likely N-dealkylation sites (N-methyl/N-ethyl adjacent to an activating group) is 1. The SMILES string of the molecule is CNC(=O)Cc1ccc(NC(C)c2ccc(F)cc2)cc1. The number of benzene rings is 2. The molecule has 2 aromatic rings. The average Bonchev–Trinajstić information content (AvgIpc) is 2.49. The van der Waals surface area contributed by atoms with Gasteiger partial charge in [0.25, 0.3) is 0 Å². The van der Waals surface area contributed by atoms with Gasteiger partial charge in [-0.3, -0.25) is 4.79 Å². The van der Waals surface area contributed by atoms with Crippen LogP contribution in [0.25, 0.3) is 0 Å². The summed E-state index contributed by atoms with van der Waals surface area (Å²) in [5, 5.41) is 5.95. The molecule has 0 saturated heterocycles. The van der Waals surface area contributed by atoms with Crippen LogP contribution in [0.15, 0.2) is 48.5 Å². The standard InChI is InChI=1S/C17H19FN2O/c1-12(14-5-7-15(18)8-6-14)20-16-9-3-13(4-10-16)11-17(21)19-2/h3-10,12,20H,11H2,1-2H3,(H,19,21). The molecule has 0 aliphatic heterocycles. The second kappa shape index (κ2) is 6.88. The van der Waals surface area contributed by atoms with Crippen LogP contribution in [0.2, 0.25) is 0 Å². The molecule has 0 aromatic heterocycles. The lowest BCUT2D eigenvalue weighted by atomic mass is 10.1. The Balaban J connectivity index is 1.99. The van der Waals surface area contributed by atoms with Crippen molar-refractivity contribution in [3.63, 3.8) is 0 Å². The first-order chi connectivity index (χ1) is 10.1. The smallest absolute Gasteiger partial charge is 0.224 e. The normalized spacial score (nSPS) is 11.8. The maximum Gasteiger partial charge on any atom is 0.224 e. The summed E-state index contributed by atoms with van der Waals surface area (Å²) in [6.45, 7) is 2.02. The van der Waals surface area contributed by atoms with E-state index < -0.39 is 0 Å². The van der Waals surface area contributed by atoms with E-state index in [0.29, 0.717) is 6.42 Å². The second-order valence-electron chi connectivity index (χ2n) is 4.96. The fourth-order valence-electron chi connectivity index (χ4n) is 2.08. The van der Waals surface area contributed by atoms with Crippen molar-refractivity contribution in [2.45, 2.75) is 19.4 Å². The molecule has 0 aliphatic carbocycles. The van der Waals surface area contributed by atoms with E-state index in [4.69, 9.17) is 0 Å². The van der Waals surface area contributed by atoms with Gasteiger partial charge in [-0.2, -0.15) is 0 Å². The number of anilines is 1. The minimum Gasteiger partial charge on any atom is -0.379 e. The van der Waals surface area contributed by atoms with E-state index in [0.717, 1.165) is 16.8 Å². The molecule has 0 spiro atoms. The van der Waals surface area contributed by atoms with Crippen LogP contribution in [-0.4, -0.2) is 13.0 Å². The van der Waals surface area contributed by atoms with Crippen molar-refractivity contribution in [1.29, 1.82) is 0 Å². The zero-order valence-electron chi connectivity index (χ0n) is 12.2. The van der Waals surface area contributed by atoms with Gasteiger partial charge in [0.15, 0.2) is 0 Å². The van der Waals surface area contributed by atoms with Crippen molar-refractivity contribution in [3.05, 3.63) is 65.5 Å². The fraction of sp³-hybridized carbons (Fsp3) is 0.235. The third-order valence-electron chi connectivity index (χ3n) is 3.35. The number of amides is 1. The van der Waals surface area contributed by atoms with Crippen LogP contribution in [0.3, 0.4) is 0 Å². The Morgan fingerprint density at radius 2 is 1.71 bits per heavy atom. The summed E-state index contributed by atoms with van der Waals surface area (Å²) in [5.41, 5.74) is 2.95. The zero-order chi connectivity index (χ0) is 15.2. The van der Waals surface area contributed by atoms with Gasteiger partial charge in [-0.25, -0.2) is 4.39 Å². The highest BCUT2D eigenvalue weighted by atomic mass is 19.1. The summed E-state index contributed by atoms with van der Waals surface area (Å²) in [4.78, 5) is 11.3. The number of carbonyl (C=O) groups excluding carboxylic acids is 1. The summed E-state index contributed by atoms with van der Waals surface area (Å²) < 4.78 is 12.9. The highest BCUT2D eigenvalue weighted by molar-refractivity contribution is 5.78. The lowest BCUT2D eigenvalue weighted by Gasteiger charge is -2.16. The Bertz CT molecular complexity index is 593. The third-order valence-corrected chi connectivity index (χ3v) is 3.35. The third kappa shape index (κ3) is 4.31. The highest BCUT2D eigenvalue weighted by Gasteiger charge is 2.06. The van der Waals surface area contributed by atoms with E-state index in [-0.39, 0.29) is 17.8 Å². The van der Waals surface area contributed by atoms with E-state index in [1.54, 1.807) is 19.2 Å². The van der Waals surface area contributed by atoms with Crippen molar-refractivity contribution >= 4 is 11.6 Å². The van der Waals surface area contributed by atoms with Crippen LogP contribution in [-0.2, 0) is 11.2 Å². The maximum absolute atomic E-state index is 12.9. The molecule has 4 heteroatoms. The molecule has 0 bridgehead atoms. The zero-order valence-corrected chi connectivity index (χ0v) is 12.2. The molecule has 1 unspecified atom stereocenters. The Hall–Kier alpha value is -2.36. The van der Waals surface area contributed by atoms with Gasteiger partial charge < -0.3 is 10.6 Å². The summed E-state index contributed by atoms with van der Waals surface area (Å²) >= 11 is 0. The second-order valence-corrected chi connectivity index (χ2v) is 4.96. The van der Waals surface area contributed by atoms with Crippen molar-refractivity contribution in [3.8, 4) is 0 Å². The van der Waals surface area contributed by atoms with Crippen LogP contribution in [0.5, 0.6) is 0 Å². The first-order valence-electron chi connectivity index (χ1n) is 6.90. The average molecular weight is 286 g/mol. The summed E-state index contributed by atoms with van der Waals surface area (Å²) in [5.74, 6) is -0.236. The molecule has 0 saturated carbocycles. The Labute approximate surface area is 124 Å². The number of hydrogen-bond donors (Lipinski definition) is 2. The molecular weight excluding hydrogens is 267 g/mol. The monoisotopic (exact) mass is 286 g/mol. The molecule has 3 nitrogen and oxygen atoms in total. The van der Waals surface area contributed by atoms with E-state index in [1.807, 2.05) is 31.2 Å². The van der Waals surface area contributed by atoms with Crippen molar-refractivity contribution in [2.75, 3.05) is 12.4 Å². The van der Waals surface area contributed by atoms with Gasteiger partial charge in [0.1, 0.15) is 5.82 Å². The van der Waals surface area contributed by atoms with Crippen LogP contribution >= 0.6 is 0 Å². The van der Waals surface area contributed by atoms with Gasteiger partial charge in [0, 0.05) is 18.8 Å². The highest BCUT2D eigenvalue weighted by Crippen LogP contribution is 2.20. The van der Waals surface area contributed by atoms with Crippen molar-refractivity contribution in [2.24, 2.45) is 0 Å². The number of halogens is 1. The quantitative estimate of drug-likeness (QED) is 0.885. The topological polar surface area (TPSA) is 41.1 Å². The van der Waals surface area contributed by atoms with E-state index in [9.17, 15) is 9.18 Å². The largest absolute Gasteiger partial charge is 0.379 e. The maximum atomic E-state index is 12.9. The van der Waals surface area contributed by atoms with Crippen LogP contribution in [0.1, 0.15) is 24.1 Å². The van der Waals surface area contributed by atoms with Crippen molar-refractivity contribution in [1.82, 2.24) is 5.32 Å². The van der Waals surface area contributed by atoms with Gasteiger partial charge in [-0.05, 0) is 42.3 Å². The molecule has 0 aliphatic rings. The molecule has 2 rings (SSSR count). The number of hydrogen-bond acceptors (Lipinski definition) is 2. The molecule has 1 amide bonds. The minimum absolute atomic E-state index is 0.00427. The fourth-order valence-corrected chi connectivity index (χ4v) is 2.08. The molecule has 0 radical (unpaired) electrons. The lowest BCUT2D eigenvalue weighted by molar-refractivity contribution is -0.119. The summed E-state index contributed by atoms with van der Waals surface area (Å²) in [7, 11) is 1.63. The Kier molecular flexibility index (Phi) is 4.93. The predicted molar refractivity (Wildman–Crippen MR) is 82.7 cm³/mol. The molecular formula is C17H19FN2O. The first-order valence-corrected chi connectivity index (χ1v) is 6.90. The van der Waals surface area contributed by atoms with Gasteiger partial charge in [0.2, 0.25) is 5.91 Å². The Morgan fingerprint density at radius 1 is 1.10 bits per heavy atom. The molecule has 2 N–H and O–H groups in total. The molecule has 110 valence electrons. The minimum atomic E-state index is -0.232. The van der Waals surface area contributed by atoms with E-state index >= 15 is 0 Å². The summed E-state index contributed by atoms with van der Waals surface area (Å²) in [6.07, 6.45) is 0.379. The summed E-state index contributed by atoms with van der Waals surface area (Å²) in [6, 6.07) is 14.3. The predicted octanol–water partition coefficient (Wildman–Crippen LogP) is 3.29. The molecule has 2 aromatic carbocycles. The van der Waals surface area contributed by atoms with Crippen LogP contribution < -0.4 is 10.6 Å². The van der Waals surface area contributed by atoms with Crippen LogP contribution in [0, 0.1) is 5.82 Å². The molecule has 1 atom stereocenters. The number of carbonyl (C=O) groups is 1. The van der Waals surface area contributed by atoms with E-state index in [1.165, 1.54) is 12.1 Å². The van der Waals surface area contributed by atoms with Gasteiger partial charge in [0.05, 0.1) is 6.42 Å². The molecule has 0 heterocycles. The lowest BCUT2D eigenvalue weighted by Crippen LogP contribution is -2.19. The van der Waals surface area contributed by atoms with E-state index in [2.05, 4.69) is 10.6 Å². The van der Waals surface area contributed by atoms with Crippen molar-refractivity contribution < 1.29 is 9.18 Å². The Morgan fingerprint density at radius 3 is 2.29 bits per heavy atom. The number of rotatable bonds is 5. The van der Waals surface area contributed by atoms with Gasteiger partial charge >= 0.3 is 0 Å². The van der Waals surface area contributed by atoms with Crippen LogP contribution in [0.4, 0.5) is 10.1 Å².